The molecule has 1 aromatic carbocycles. The minimum absolute atomic E-state index is 0.130. The molecule has 1 aromatic rings. The minimum atomic E-state index is -1.06. The van der Waals surface area contributed by atoms with Crippen molar-refractivity contribution in [2.45, 2.75) is 38.6 Å². The summed E-state index contributed by atoms with van der Waals surface area (Å²) in [6, 6.07) is 4.36. The minimum Gasteiger partial charge on any atom is -0.507 e. The first-order valence-corrected chi connectivity index (χ1v) is 5.53. The van der Waals surface area contributed by atoms with Gasteiger partial charge in [-0.05, 0) is 16.5 Å². The topological polar surface area (TPSA) is 83.6 Å². The maximum atomic E-state index is 10.7. The Morgan fingerprint density at radius 3 is 2.47 bits per heavy atom. The Morgan fingerprint density at radius 2 is 2.00 bits per heavy atom. The van der Waals surface area contributed by atoms with Crippen molar-refractivity contribution in [2.75, 3.05) is 0 Å². The third-order valence-corrected chi connectivity index (χ3v) is 2.68. The van der Waals surface area contributed by atoms with Gasteiger partial charge >= 0.3 is 5.97 Å². The number of aromatic hydroxyl groups is 1. The van der Waals surface area contributed by atoms with E-state index in [1.807, 2.05) is 32.9 Å². The van der Waals surface area contributed by atoms with Gasteiger partial charge in [0.25, 0.3) is 0 Å². The van der Waals surface area contributed by atoms with Gasteiger partial charge in [-0.1, -0.05) is 39.0 Å². The lowest BCUT2D eigenvalue weighted by molar-refractivity contribution is -0.138. The Hall–Kier alpha value is -1.55. The molecule has 0 heterocycles. The molecule has 0 radical (unpaired) electrons. The van der Waals surface area contributed by atoms with Crippen molar-refractivity contribution in [3.8, 4) is 5.75 Å². The van der Waals surface area contributed by atoms with Crippen LogP contribution in [-0.4, -0.2) is 22.2 Å². The van der Waals surface area contributed by atoms with E-state index in [4.69, 9.17) is 10.8 Å². The van der Waals surface area contributed by atoms with Crippen LogP contribution >= 0.6 is 0 Å². The van der Waals surface area contributed by atoms with Crippen LogP contribution in [0.4, 0.5) is 0 Å². The Kier molecular flexibility index (Phi) is 3.78. The number of carbonyl (C=O) groups is 1. The average molecular weight is 237 g/mol. The summed E-state index contributed by atoms with van der Waals surface area (Å²) in [4.78, 5) is 10.7. The Labute approximate surface area is 101 Å². The lowest BCUT2D eigenvalue weighted by Gasteiger charge is -2.22. The van der Waals surface area contributed by atoms with Crippen LogP contribution in [0.15, 0.2) is 18.2 Å². The second-order valence-electron chi connectivity index (χ2n) is 5.21. The normalized spacial score (nSPS) is 13.4. The second kappa shape index (κ2) is 4.75. The van der Waals surface area contributed by atoms with E-state index in [-0.39, 0.29) is 17.6 Å². The first kappa shape index (κ1) is 13.5. The number of benzene rings is 1. The van der Waals surface area contributed by atoms with Crippen LogP contribution in [0.1, 0.15) is 31.9 Å². The molecule has 0 amide bonds. The SMILES string of the molecule is CC(C)(C)c1cccc(CC(N)C(=O)O)c1O. The van der Waals surface area contributed by atoms with E-state index in [1.165, 1.54) is 0 Å². The van der Waals surface area contributed by atoms with Gasteiger partial charge in [0.15, 0.2) is 0 Å². The summed E-state index contributed by atoms with van der Waals surface area (Å²) >= 11 is 0. The van der Waals surface area contributed by atoms with Crippen LogP contribution in [0, 0.1) is 0 Å². The predicted octanol–water partition coefficient (Wildman–Crippen LogP) is 1.64. The highest BCUT2D eigenvalue weighted by Crippen LogP contribution is 2.33. The van der Waals surface area contributed by atoms with Gasteiger partial charge in [0, 0.05) is 6.42 Å². The zero-order valence-corrected chi connectivity index (χ0v) is 10.4. The number of para-hydroxylation sites is 1. The third kappa shape index (κ3) is 3.20. The van der Waals surface area contributed by atoms with Crippen molar-refractivity contribution >= 4 is 5.97 Å². The molecule has 0 saturated carbocycles. The lowest BCUT2D eigenvalue weighted by atomic mass is 9.84. The summed E-state index contributed by atoms with van der Waals surface area (Å²) in [5.41, 5.74) is 6.65. The number of hydrogen-bond acceptors (Lipinski definition) is 3. The Balaban J connectivity index is 3.07. The molecule has 0 aliphatic carbocycles. The second-order valence-corrected chi connectivity index (χ2v) is 5.21. The van der Waals surface area contributed by atoms with Crippen LogP contribution in [0.5, 0.6) is 5.75 Å². The molecule has 0 aliphatic heterocycles. The van der Waals surface area contributed by atoms with Crippen LogP contribution in [0.2, 0.25) is 0 Å². The maximum Gasteiger partial charge on any atom is 0.320 e. The molecule has 0 saturated heterocycles. The molecule has 0 bridgehead atoms. The molecular weight excluding hydrogens is 218 g/mol. The highest BCUT2D eigenvalue weighted by Gasteiger charge is 2.21. The highest BCUT2D eigenvalue weighted by molar-refractivity contribution is 5.73. The largest absolute Gasteiger partial charge is 0.507 e. The van der Waals surface area contributed by atoms with E-state index in [9.17, 15) is 9.90 Å². The lowest BCUT2D eigenvalue weighted by Crippen LogP contribution is -2.32. The smallest absolute Gasteiger partial charge is 0.320 e. The fourth-order valence-electron chi connectivity index (χ4n) is 1.69. The van der Waals surface area contributed by atoms with Crippen molar-refractivity contribution in [1.29, 1.82) is 0 Å². The molecule has 17 heavy (non-hydrogen) atoms. The molecule has 0 aromatic heterocycles. The molecule has 4 heteroatoms. The Morgan fingerprint density at radius 1 is 1.41 bits per heavy atom. The first-order chi connectivity index (χ1) is 7.73. The molecule has 1 atom stereocenters. The summed E-state index contributed by atoms with van der Waals surface area (Å²) in [6.45, 7) is 5.97. The van der Waals surface area contributed by atoms with E-state index >= 15 is 0 Å². The van der Waals surface area contributed by atoms with Crippen molar-refractivity contribution < 1.29 is 15.0 Å². The monoisotopic (exact) mass is 237 g/mol. The highest BCUT2D eigenvalue weighted by atomic mass is 16.4. The zero-order chi connectivity index (χ0) is 13.2. The standard InChI is InChI=1S/C13H19NO3/c1-13(2,3)9-6-4-5-8(11(9)15)7-10(14)12(16)17/h4-6,10,15H,7,14H2,1-3H3,(H,16,17). The van der Waals surface area contributed by atoms with Gasteiger partial charge in [-0.25, -0.2) is 0 Å². The van der Waals surface area contributed by atoms with Gasteiger partial charge in [-0.3, -0.25) is 4.79 Å². The zero-order valence-electron chi connectivity index (χ0n) is 10.4. The summed E-state index contributed by atoms with van der Waals surface area (Å²) < 4.78 is 0. The first-order valence-electron chi connectivity index (χ1n) is 5.53. The van der Waals surface area contributed by atoms with E-state index in [1.54, 1.807) is 6.07 Å². The number of phenols is 1. The van der Waals surface area contributed by atoms with Crippen molar-refractivity contribution in [2.24, 2.45) is 5.73 Å². The summed E-state index contributed by atoms with van der Waals surface area (Å²) in [7, 11) is 0. The molecule has 1 unspecified atom stereocenters. The predicted molar refractivity (Wildman–Crippen MR) is 66.1 cm³/mol. The van der Waals surface area contributed by atoms with Crippen molar-refractivity contribution in [3.05, 3.63) is 29.3 Å². The number of hydrogen-bond donors (Lipinski definition) is 3. The number of carboxylic acids is 1. The molecule has 0 spiro atoms. The maximum absolute atomic E-state index is 10.7. The molecule has 4 N–H and O–H groups in total. The summed E-state index contributed by atoms with van der Waals surface area (Å²) in [5.74, 6) is -0.915. The fourth-order valence-corrected chi connectivity index (χ4v) is 1.69. The van der Waals surface area contributed by atoms with Gasteiger partial charge < -0.3 is 15.9 Å². The van der Waals surface area contributed by atoms with Gasteiger partial charge in [0.05, 0.1) is 0 Å². The number of aliphatic carboxylic acids is 1. The average Bonchev–Trinajstić information content (AvgIpc) is 2.19. The quantitative estimate of drug-likeness (QED) is 0.746. The summed E-state index contributed by atoms with van der Waals surface area (Å²) in [6.07, 6.45) is 0.130. The van der Waals surface area contributed by atoms with Crippen molar-refractivity contribution in [1.82, 2.24) is 0 Å². The Bertz CT molecular complexity index is 421. The van der Waals surface area contributed by atoms with E-state index in [0.29, 0.717) is 5.56 Å². The van der Waals surface area contributed by atoms with Crippen LogP contribution in [0.3, 0.4) is 0 Å². The number of nitrogens with two attached hydrogens (primary N) is 1. The van der Waals surface area contributed by atoms with E-state index < -0.39 is 12.0 Å². The van der Waals surface area contributed by atoms with Crippen LogP contribution < -0.4 is 5.73 Å². The van der Waals surface area contributed by atoms with Gasteiger partial charge in [0.2, 0.25) is 0 Å². The molecule has 0 aliphatic rings. The van der Waals surface area contributed by atoms with Gasteiger partial charge in [-0.2, -0.15) is 0 Å². The summed E-state index contributed by atoms with van der Waals surface area (Å²) in [5, 5.41) is 18.9. The molecule has 1 rings (SSSR count). The number of rotatable bonds is 3. The van der Waals surface area contributed by atoms with E-state index in [0.717, 1.165) is 5.56 Å². The van der Waals surface area contributed by atoms with Gasteiger partial charge in [0.1, 0.15) is 11.8 Å². The van der Waals surface area contributed by atoms with Crippen LogP contribution in [-0.2, 0) is 16.6 Å². The number of carboxylic acid groups (broad SMARTS) is 1. The fraction of sp³-hybridized carbons (Fsp3) is 0.462. The number of phenolic OH excluding ortho intramolecular Hbond substituents is 1. The molecular formula is C13H19NO3. The third-order valence-electron chi connectivity index (χ3n) is 2.68. The van der Waals surface area contributed by atoms with E-state index in [2.05, 4.69) is 0 Å². The molecule has 0 fully saturated rings. The molecule has 94 valence electrons. The molecule has 4 nitrogen and oxygen atoms in total. The van der Waals surface area contributed by atoms with Crippen molar-refractivity contribution in [3.63, 3.8) is 0 Å². The van der Waals surface area contributed by atoms with Crippen LogP contribution in [0.25, 0.3) is 0 Å². The van der Waals surface area contributed by atoms with Gasteiger partial charge in [-0.15, -0.1) is 0 Å².